The van der Waals surface area contributed by atoms with Crippen LogP contribution in [-0.2, 0) is 0 Å². The molecule has 0 bridgehead atoms. The predicted molar refractivity (Wildman–Crippen MR) is 28.6 cm³/mol. The quantitative estimate of drug-likeness (QED) is 0.262. The van der Waals surface area contributed by atoms with Crippen LogP contribution in [0.25, 0.3) is 0 Å². The van der Waals surface area contributed by atoms with Gasteiger partial charge in [-0.1, -0.05) is 12.7 Å². The summed E-state index contributed by atoms with van der Waals surface area (Å²) in [5, 5.41) is 0. The second-order valence-electron chi connectivity index (χ2n) is 1.10. The number of hydrogen-bond acceptors (Lipinski definition) is 0. The third-order valence-corrected chi connectivity index (χ3v) is 0.525. The maximum Gasteiger partial charge on any atom is 0.0653 e. The van der Waals surface area contributed by atoms with Crippen LogP contribution < -0.4 is 0 Å². The van der Waals surface area contributed by atoms with E-state index in [9.17, 15) is 0 Å². The van der Waals surface area contributed by atoms with Crippen LogP contribution in [0.5, 0.6) is 0 Å². The van der Waals surface area contributed by atoms with Crippen LogP contribution >= 0.6 is 0 Å². The zero-order chi connectivity index (χ0) is 4.83. The van der Waals surface area contributed by atoms with Crippen molar-refractivity contribution in [1.29, 1.82) is 0 Å². The first-order valence-corrected chi connectivity index (χ1v) is 2.05. The fourth-order valence-corrected chi connectivity index (χ4v) is 0.204. The van der Waals surface area contributed by atoms with E-state index in [4.69, 9.17) is 14.3 Å². The summed E-state index contributed by atoms with van der Waals surface area (Å²) in [6.07, 6.45) is 7.39. The van der Waals surface area contributed by atoms with E-state index < -0.39 is 0 Å². The topological polar surface area (TPSA) is 0 Å². The van der Waals surface area contributed by atoms with Gasteiger partial charge in [0.1, 0.15) is 0 Å². The van der Waals surface area contributed by atoms with Crippen molar-refractivity contribution in [2.24, 2.45) is 0 Å². The highest BCUT2D eigenvalue weighted by molar-refractivity contribution is 6.08. The molecule has 0 unspecified atom stereocenters. The molecule has 2 radical (unpaired) electrons. The molecule has 0 heterocycles. The van der Waals surface area contributed by atoms with Gasteiger partial charge in [-0.25, -0.2) is 0 Å². The van der Waals surface area contributed by atoms with Crippen LogP contribution in [0.2, 0.25) is 6.32 Å². The van der Waals surface area contributed by atoms with Crippen LogP contribution in [0.3, 0.4) is 0 Å². The molecule has 6 heavy (non-hydrogen) atoms. The molecule has 0 aliphatic rings. The molecule has 0 spiro atoms. The molecule has 0 atom stereocenters. The van der Waals surface area contributed by atoms with E-state index >= 15 is 0 Å². The predicted octanol–water partition coefficient (Wildman–Crippen LogP) is 0.987. The molecule has 0 saturated carbocycles. The van der Waals surface area contributed by atoms with Crippen LogP contribution in [0.15, 0.2) is 0 Å². The summed E-state index contributed by atoms with van der Waals surface area (Å²) in [4.78, 5) is 0. The largest absolute Gasteiger partial charge is 0.120 e. The zero-order valence-corrected chi connectivity index (χ0v) is 3.78. The van der Waals surface area contributed by atoms with E-state index in [0.717, 1.165) is 12.8 Å². The van der Waals surface area contributed by atoms with E-state index in [0.29, 0.717) is 6.32 Å². The standard InChI is InChI=1S/C5H7B/c1-2-3-4-5-6/h1H,3-5H2. The van der Waals surface area contributed by atoms with Crippen molar-refractivity contribution in [3.8, 4) is 12.3 Å². The van der Waals surface area contributed by atoms with Crippen molar-refractivity contribution < 1.29 is 0 Å². The average Bonchev–Trinajstić information content (AvgIpc) is 1.61. The summed E-state index contributed by atoms with van der Waals surface area (Å²) >= 11 is 0. The Hall–Kier alpha value is -0.375. The fraction of sp³-hybridized carbons (Fsp3) is 0.600. The molecular weight excluding hydrogens is 70.9 g/mol. The molecule has 0 aromatic heterocycles. The van der Waals surface area contributed by atoms with Crippen molar-refractivity contribution in [2.45, 2.75) is 19.2 Å². The first kappa shape index (κ1) is 5.62. The van der Waals surface area contributed by atoms with Gasteiger partial charge in [-0.3, -0.25) is 0 Å². The first-order chi connectivity index (χ1) is 2.91. The van der Waals surface area contributed by atoms with Gasteiger partial charge >= 0.3 is 0 Å². The minimum absolute atomic E-state index is 0.712. The maximum absolute atomic E-state index is 5.12. The van der Waals surface area contributed by atoms with Gasteiger partial charge in [0.05, 0.1) is 7.85 Å². The van der Waals surface area contributed by atoms with E-state index in [1.165, 1.54) is 0 Å². The number of terminal acetylenes is 1. The summed E-state index contributed by atoms with van der Waals surface area (Å²) in [7, 11) is 5.12. The number of hydrogen-bond donors (Lipinski definition) is 0. The Morgan fingerprint density at radius 3 is 2.50 bits per heavy atom. The van der Waals surface area contributed by atoms with E-state index in [2.05, 4.69) is 5.92 Å². The second-order valence-corrected chi connectivity index (χ2v) is 1.10. The summed E-state index contributed by atoms with van der Waals surface area (Å²) in [5.41, 5.74) is 0. The summed E-state index contributed by atoms with van der Waals surface area (Å²) in [6, 6.07) is 0. The van der Waals surface area contributed by atoms with Crippen molar-refractivity contribution in [3.63, 3.8) is 0 Å². The highest BCUT2D eigenvalue weighted by Crippen LogP contribution is 1.87. The zero-order valence-electron chi connectivity index (χ0n) is 3.78. The monoisotopic (exact) mass is 78.1 g/mol. The van der Waals surface area contributed by atoms with Gasteiger partial charge in [0.2, 0.25) is 0 Å². The molecule has 0 saturated heterocycles. The number of unbranched alkanes of at least 4 members (excludes halogenated alkanes) is 1. The van der Waals surface area contributed by atoms with Gasteiger partial charge in [0.25, 0.3) is 0 Å². The number of rotatable bonds is 2. The van der Waals surface area contributed by atoms with Gasteiger partial charge in [0.15, 0.2) is 0 Å². The van der Waals surface area contributed by atoms with Gasteiger partial charge in [-0.05, 0) is 0 Å². The molecule has 0 aliphatic heterocycles. The summed E-state index contributed by atoms with van der Waals surface area (Å²) < 4.78 is 0. The van der Waals surface area contributed by atoms with Gasteiger partial charge < -0.3 is 0 Å². The fourth-order valence-electron chi connectivity index (χ4n) is 0.204. The third kappa shape index (κ3) is 3.62. The molecule has 0 aromatic carbocycles. The van der Waals surface area contributed by atoms with Crippen LogP contribution in [0.1, 0.15) is 12.8 Å². The molecule has 0 nitrogen and oxygen atoms in total. The van der Waals surface area contributed by atoms with Gasteiger partial charge in [-0.15, -0.1) is 12.3 Å². The molecule has 0 aliphatic carbocycles. The Balaban J connectivity index is 2.54. The SMILES string of the molecule is [B]CCCC#C. The Morgan fingerprint density at radius 2 is 2.33 bits per heavy atom. The van der Waals surface area contributed by atoms with Gasteiger partial charge in [0, 0.05) is 6.42 Å². The molecule has 1 heteroatoms. The maximum atomic E-state index is 5.12. The highest BCUT2D eigenvalue weighted by atomic mass is 13.7. The van der Waals surface area contributed by atoms with Gasteiger partial charge in [-0.2, -0.15) is 0 Å². The molecule has 0 rings (SSSR count). The molecule has 0 fully saturated rings. The van der Waals surface area contributed by atoms with Crippen molar-refractivity contribution in [3.05, 3.63) is 0 Å². The molecule has 0 amide bonds. The molecule has 30 valence electrons. The minimum atomic E-state index is 0.712. The Labute approximate surface area is 40.4 Å². The molecular formula is C5H7B. The van der Waals surface area contributed by atoms with Crippen molar-refractivity contribution in [2.75, 3.05) is 0 Å². The van der Waals surface area contributed by atoms with E-state index in [1.54, 1.807) is 0 Å². The van der Waals surface area contributed by atoms with Crippen LogP contribution in [-0.4, -0.2) is 7.85 Å². The lowest BCUT2D eigenvalue weighted by atomic mass is 10.0. The van der Waals surface area contributed by atoms with Crippen molar-refractivity contribution in [1.82, 2.24) is 0 Å². The Bertz CT molecular complexity index is 51.4. The Kier molecular flexibility index (Phi) is 4.34. The normalized spacial score (nSPS) is 7.17. The van der Waals surface area contributed by atoms with Crippen LogP contribution in [0.4, 0.5) is 0 Å². The molecule has 0 N–H and O–H groups in total. The van der Waals surface area contributed by atoms with Crippen molar-refractivity contribution >= 4 is 7.85 Å². The van der Waals surface area contributed by atoms with E-state index in [-0.39, 0.29) is 0 Å². The highest BCUT2D eigenvalue weighted by Gasteiger charge is 1.71. The second kappa shape index (κ2) is 4.62. The van der Waals surface area contributed by atoms with E-state index in [1.807, 2.05) is 0 Å². The Morgan fingerprint density at radius 1 is 1.67 bits per heavy atom. The minimum Gasteiger partial charge on any atom is -0.120 e. The third-order valence-electron chi connectivity index (χ3n) is 0.525. The van der Waals surface area contributed by atoms with Crippen LogP contribution in [0, 0.1) is 12.3 Å². The lowest BCUT2D eigenvalue weighted by molar-refractivity contribution is 0.980. The average molecular weight is 77.9 g/mol. The smallest absolute Gasteiger partial charge is 0.0653 e. The lowest BCUT2D eigenvalue weighted by Gasteiger charge is -1.79. The first-order valence-electron chi connectivity index (χ1n) is 2.05. The summed E-state index contributed by atoms with van der Waals surface area (Å²) in [6.45, 7) is 0. The lowest BCUT2D eigenvalue weighted by Crippen LogP contribution is -1.66. The summed E-state index contributed by atoms with van der Waals surface area (Å²) in [5.74, 6) is 2.49. The molecule has 0 aromatic rings.